The van der Waals surface area contributed by atoms with Crippen LogP contribution in [0.25, 0.3) is 0 Å². The van der Waals surface area contributed by atoms with Gasteiger partial charge in [-0.15, -0.1) is 0 Å². The van der Waals surface area contributed by atoms with Crippen LogP contribution < -0.4 is 10.6 Å². The third kappa shape index (κ3) is 4.45. The summed E-state index contributed by atoms with van der Waals surface area (Å²) >= 11 is 0. The van der Waals surface area contributed by atoms with Crippen LogP contribution in [0.5, 0.6) is 0 Å². The molecule has 0 saturated carbocycles. The fourth-order valence-corrected chi connectivity index (χ4v) is 3.73. The van der Waals surface area contributed by atoms with Gasteiger partial charge in [0.05, 0.1) is 11.1 Å². The maximum atomic E-state index is 12.8. The van der Waals surface area contributed by atoms with Gasteiger partial charge in [-0.3, -0.25) is 19.3 Å². The average molecular weight is 444 g/mol. The van der Waals surface area contributed by atoms with Crippen molar-refractivity contribution in [1.82, 2.24) is 14.9 Å². The first-order chi connectivity index (χ1) is 15.8. The molecule has 1 aromatic heterocycles. The van der Waals surface area contributed by atoms with Gasteiger partial charge in [0.25, 0.3) is 17.7 Å². The van der Waals surface area contributed by atoms with Gasteiger partial charge in [0.1, 0.15) is 0 Å². The molecule has 1 aliphatic rings. The molecule has 8 heteroatoms. The highest BCUT2D eigenvalue weighted by Gasteiger charge is 2.38. The number of rotatable bonds is 6. The van der Waals surface area contributed by atoms with Crippen molar-refractivity contribution in [2.45, 2.75) is 40.2 Å². The average Bonchev–Trinajstić information content (AvgIpc) is 3.03. The van der Waals surface area contributed by atoms with Crippen molar-refractivity contribution in [3.63, 3.8) is 0 Å². The Kier molecular flexibility index (Phi) is 5.91. The molecule has 0 saturated heterocycles. The SMILES string of the molecule is CCC(C)N1C(=O)c2ccc(C(=O)Nc3ccc(Nc4nc(C)cc(C)n4)cc3)cc2C1=O. The second-order valence-corrected chi connectivity index (χ2v) is 8.13. The quantitative estimate of drug-likeness (QED) is 0.544. The molecule has 0 bridgehead atoms. The number of hydrogen-bond donors (Lipinski definition) is 2. The van der Waals surface area contributed by atoms with Gasteiger partial charge in [0.15, 0.2) is 0 Å². The Labute approximate surface area is 192 Å². The lowest BCUT2D eigenvalue weighted by molar-refractivity contribution is 0.0593. The second-order valence-electron chi connectivity index (χ2n) is 8.13. The molecule has 8 nitrogen and oxygen atoms in total. The molecule has 2 N–H and O–H groups in total. The van der Waals surface area contributed by atoms with Crippen molar-refractivity contribution in [1.29, 1.82) is 0 Å². The minimum atomic E-state index is -0.363. The zero-order valence-corrected chi connectivity index (χ0v) is 19.0. The fraction of sp³-hybridized carbons (Fsp3) is 0.240. The number of benzene rings is 2. The zero-order chi connectivity index (χ0) is 23.7. The smallest absolute Gasteiger partial charge is 0.261 e. The molecule has 0 radical (unpaired) electrons. The van der Waals surface area contributed by atoms with E-state index in [1.54, 1.807) is 24.3 Å². The minimum absolute atomic E-state index is 0.198. The van der Waals surface area contributed by atoms with Gasteiger partial charge < -0.3 is 10.6 Å². The van der Waals surface area contributed by atoms with Gasteiger partial charge in [-0.2, -0.15) is 0 Å². The molecule has 0 fully saturated rings. The number of carbonyl (C=O) groups excluding carboxylic acids is 3. The standard InChI is InChI=1S/C25H25N5O3/c1-5-16(4)30-23(32)20-11-6-17(13-21(20)24(30)33)22(31)28-18-7-9-19(10-8-18)29-25-26-14(2)12-15(3)27-25/h6-13,16H,5H2,1-4H3,(H,28,31)(H,26,27,29). The van der Waals surface area contributed by atoms with E-state index in [0.29, 0.717) is 29.2 Å². The summed E-state index contributed by atoms with van der Waals surface area (Å²) < 4.78 is 0. The molecule has 1 aliphatic heterocycles. The Morgan fingerprint density at radius 1 is 0.909 bits per heavy atom. The first-order valence-electron chi connectivity index (χ1n) is 10.8. The highest BCUT2D eigenvalue weighted by atomic mass is 16.2. The molecule has 168 valence electrons. The van der Waals surface area contributed by atoms with Crippen molar-refractivity contribution in [3.05, 3.63) is 76.6 Å². The first kappa shape index (κ1) is 22.1. The Balaban J connectivity index is 1.47. The number of aromatic nitrogens is 2. The molecule has 33 heavy (non-hydrogen) atoms. The number of anilines is 3. The van der Waals surface area contributed by atoms with E-state index in [1.807, 2.05) is 45.9 Å². The van der Waals surface area contributed by atoms with Crippen LogP contribution in [0.1, 0.15) is 62.7 Å². The molecule has 4 rings (SSSR count). The van der Waals surface area contributed by atoms with Gasteiger partial charge in [0, 0.05) is 34.4 Å². The molecule has 0 aliphatic carbocycles. The van der Waals surface area contributed by atoms with Crippen molar-refractivity contribution in [2.24, 2.45) is 0 Å². The van der Waals surface area contributed by atoms with Crippen LogP contribution in [0.4, 0.5) is 17.3 Å². The molecule has 3 aromatic rings. The number of aryl methyl sites for hydroxylation is 2. The summed E-state index contributed by atoms with van der Waals surface area (Å²) in [6.45, 7) is 7.56. The molecular weight excluding hydrogens is 418 g/mol. The van der Waals surface area contributed by atoms with E-state index < -0.39 is 0 Å². The van der Waals surface area contributed by atoms with Gasteiger partial charge in [-0.05, 0) is 75.7 Å². The molecular formula is C25H25N5O3. The lowest BCUT2D eigenvalue weighted by atomic mass is 10.1. The predicted octanol–water partition coefficient (Wildman–Crippen LogP) is 4.48. The van der Waals surface area contributed by atoms with E-state index in [0.717, 1.165) is 17.1 Å². The van der Waals surface area contributed by atoms with Crippen molar-refractivity contribution < 1.29 is 14.4 Å². The molecule has 1 atom stereocenters. The second kappa shape index (κ2) is 8.82. The van der Waals surface area contributed by atoms with E-state index in [4.69, 9.17) is 0 Å². The lowest BCUT2D eigenvalue weighted by Gasteiger charge is -2.20. The predicted molar refractivity (Wildman–Crippen MR) is 126 cm³/mol. The summed E-state index contributed by atoms with van der Waals surface area (Å²) in [5.74, 6) is -0.526. The number of imide groups is 1. The summed E-state index contributed by atoms with van der Waals surface area (Å²) in [5.41, 5.74) is 4.03. The van der Waals surface area contributed by atoms with Gasteiger partial charge >= 0.3 is 0 Å². The van der Waals surface area contributed by atoms with Crippen molar-refractivity contribution in [2.75, 3.05) is 10.6 Å². The van der Waals surface area contributed by atoms with Gasteiger partial charge in [-0.25, -0.2) is 9.97 Å². The molecule has 0 spiro atoms. The van der Waals surface area contributed by atoms with Gasteiger partial charge in [-0.1, -0.05) is 6.92 Å². The van der Waals surface area contributed by atoms with E-state index in [9.17, 15) is 14.4 Å². The van der Waals surface area contributed by atoms with Crippen LogP contribution in [-0.4, -0.2) is 38.6 Å². The van der Waals surface area contributed by atoms with Gasteiger partial charge in [0.2, 0.25) is 5.95 Å². The first-order valence-corrected chi connectivity index (χ1v) is 10.8. The van der Waals surface area contributed by atoms with Crippen LogP contribution >= 0.6 is 0 Å². The third-order valence-electron chi connectivity index (χ3n) is 5.59. The minimum Gasteiger partial charge on any atom is -0.324 e. The Bertz CT molecular complexity index is 1230. The van der Waals surface area contributed by atoms with Crippen molar-refractivity contribution >= 4 is 35.0 Å². The van der Waals surface area contributed by atoms with Crippen LogP contribution in [0.3, 0.4) is 0 Å². The Hall–Kier alpha value is -4.07. The van der Waals surface area contributed by atoms with E-state index in [-0.39, 0.29) is 29.3 Å². The number of carbonyl (C=O) groups is 3. The monoisotopic (exact) mass is 443 g/mol. The Morgan fingerprint density at radius 3 is 2.15 bits per heavy atom. The summed E-state index contributed by atoms with van der Waals surface area (Å²) in [4.78, 5) is 48.0. The molecule has 2 heterocycles. The number of nitrogens with one attached hydrogen (secondary N) is 2. The van der Waals surface area contributed by atoms with Crippen LogP contribution in [-0.2, 0) is 0 Å². The zero-order valence-electron chi connectivity index (χ0n) is 19.0. The van der Waals surface area contributed by atoms with E-state index in [1.165, 1.54) is 11.0 Å². The van der Waals surface area contributed by atoms with Crippen molar-refractivity contribution in [3.8, 4) is 0 Å². The highest BCUT2D eigenvalue weighted by Crippen LogP contribution is 2.27. The maximum absolute atomic E-state index is 12.8. The van der Waals surface area contributed by atoms with Crippen LogP contribution in [0.15, 0.2) is 48.5 Å². The van der Waals surface area contributed by atoms with Crippen LogP contribution in [0, 0.1) is 13.8 Å². The summed E-state index contributed by atoms with van der Waals surface area (Å²) in [6, 6.07) is 13.4. The largest absolute Gasteiger partial charge is 0.324 e. The molecule has 2 aromatic carbocycles. The Morgan fingerprint density at radius 2 is 1.52 bits per heavy atom. The fourth-order valence-electron chi connectivity index (χ4n) is 3.73. The number of amides is 3. The van der Waals surface area contributed by atoms with E-state index >= 15 is 0 Å². The molecule has 3 amide bonds. The molecule has 1 unspecified atom stereocenters. The van der Waals surface area contributed by atoms with Crippen LogP contribution in [0.2, 0.25) is 0 Å². The third-order valence-corrected chi connectivity index (χ3v) is 5.59. The normalized spacial score (nSPS) is 13.6. The number of fused-ring (bicyclic) bond motifs is 1. The van der Waals surface area contributed by atoms with E-state index in [2.05, 4.69) is 20.6 Å². The summed E-state index contributed by atoms with van der Waals surface area (Å²) in [7, 11) is 0. The summed E-state index contributed by atoms with van der Waals surface area (Å²) in [6.07, 6.45) is 0.666. The number of nitrogens with zero attached hydrogens (tertiary/aromatic N) is 3. The topological polar surface area (TPSA) is 104 Å². The maximum Gasteiger partial charge on any atom is 0.261 e. The number of hydrogen-bond acceptors (Lipinski definition) is 6. The highest BCUT2D eigenvalue weighted by molar-refractivity contribution is 6.22. The lowest BCUT2D eigenvalue weighted by Crippen LogP contribution is -2.37. The summed E-state index contributed by atoms with van der Waals surface area (Å²) in [5, 5.41) is 5.97.